The summed E-state index contributed by atoms with van der Waals surface area (Å²) in [6.07, 6.45) is 2.79. The molecule has 2 amide bonds. The quantitative estimate of drug-likeness (QED) is 0.827. The summed E-state index contributed by atoms with van der Waals surface area (Å²) in [6, 6.07) is 6.03. The third-order valence-electron chi connectivity index (χ3n) is 4.90. The Balaban J connectivity index is 1.50. The molecule has 4 rings (SSSR count). The molecule has 0 spiro atoms. The van der Waals surface area contributed by atoms with Crippen LogP contribution in [0.1, 0.15) is 30.9 Å². The summed E-state index contributed by atoms with van der Waals surface area (Å²) in [7, 11) is 0. The molecule has 0 N–H and O–H groups in total. The molecule has 1 aromatic carbocycles. The number of carbonyl (C=O) groups excluding carboxylic acids is 2. The summed E-state index contributed by atoms with van der Waals surface area (Å²) >= 11 is 1.29. The van der Waals surface area contributed by atoms with Crippen LogP contribution in [0.15, 0.2) is 18.2 Å². The molecule has 7 heteroatoms. The molecule has 2 saturated heterocycles. The number of hydrogen-bond acceptors (Lipinski definition) is 5. The maximum Gasteiger partial charge on any atom is 0.282 e. The summed E-state index contributed by atoms with van der Waals surface area (Å²) < 4.78 is 11.5. The van der Waals surface area contributed by atoms with Gasteiger partial charge in [-0.1, -0.05) is 17.8 Å². The lowest BCUT2D eigenvalue weighted by Crippen LogP contribution is -2.40. The van der Waals surface area contributed by atoms with Crippen molar-refractivity contribution < 1.29 is 19.1 Å². The normalized spacial score (nSPS) is 23.0. The SMILES string of the molecule is O=C1SCCN1CC(=O)N1CCC[C@H]1c1ccc2c(c1)OCCCO2. The van der Waals surface area contributed by atoms with Gasteiger partial charge in [-0.3, -0.25) is 9.59 Å². The summed E-state index contributed by atoms with van der Waals surface area (Å²) in [6.45, 7) is 2.92. The highest BCUT2D eigenvalue weighted by Gasteiger charge is 2.33. The predicted octanol–water partition coefficient (Wildman–Crippen LogP) is 2.68. The highest BCUT2D eigenvalue weighted by Crippen LogP contribution is 2.38. The Bertz CT molecular complexity index is 681. The maximum atomic E-state index is 12.7. The number of hydrogen-bond donors (Lipinski definition) is 0. The van der Waals surface area contributed by atoms with Crippen molar-refractivity contribution >= 4 is 22.9 Å². The first-order valence-electron chi connectivity index (χ1n) is 8.83. The van der Waals surface area contributed by atoms with E-state index in [9.17, 15) is 9.59 Å². The number of rotatable bonds is 3. The van der Waals surface area contributed by atoms with Gasteiger partial charge < -0.3 is 19.3 Å². The molecule has 6 nitrogen and oxygen atoms in total. The minimum Gasteiger partial charge on any atom is -0.490 e. The predicted molar refractivity (Wildman–Crippen MR) is 95.2 cm³/mol. The van der Waals surface area contributed by atoms with Crippen LogP contribution in [0.3, 0.4) is 0 Å². The Labute approximate surface area is 151 Å². The molecule has 0 radical (unpaired) electrons. The minimum absolute atomic E-state index is 0.0136. The van der Waals surface area contributed by atoms with Crippen LogP contribution in [0.25, 0.3) is 0 Å². The molecule has 25 heavy (non-hydrogen) atoms. The number of ether oxygens (including phenoxy) is 2. The molecule has 3 aliphatic heterocycles. The molecule has 1 atom stereocenters. The first-order valence-corrected chi connectivity index (χ1v) is 9.81. The largest absolute Gasteiger partial charge is 0.490 e. The van der Waals surface area contributed by atoms with Gasteiger partial charge in [0.25, 0.3) is 5.24 Å². The van der Waals surface area contributed by atoms with Gasteiger partial charge in [-0.2, -0.15) is 0 Å². The lowest BCUT2D eigenvalue weighted by molar-refractivity contribution is -0.132. The van der Waals surface area contributed by atoms with E-state index in [1.807, 2.05) is 23.1 Å². The Morgan fingerprint density at radius 2 is 2.00 bits per heavy atom. The van der Waals surface area contributed by atoms with Crippen molar-refractivity contribution in [2.24, 2.45) is 0 Å². The zero-order valence-electron chi connectivity index (χ0n) is 14.1. The van der Waals surface area contributed by atoms with Gasteiger partial charge >= 0.3 is 0 Å². The number of thioether (sulfide) groups is 1. The standard InChI is InChI=1S/C18H22N2O4S/c21-17(12-19-7-10-25-18(19)22)20-6-1-3-14(20)13-4-5-15-16(11-13)24-9-2-8-23-15/h4-5,11,14H,1-3,6-10,12H2/t14-/m0/s1. The van der Waals surface area contributed by atoms with Crippen LogP contribution in [0.2, 0.25) is 0 Å². The van der Waals surface area contributed by atoms with Crippen LogP contribution in [0.4, 0.5) is 4.79 Å². The number of benzene rings is 1. The Morgan fingerprint density at radius 1 is 1.16 bits per heavy atom. The van der Waals surface area contributed by atoms with E-state index in [1.165, 1.54) is 11.8 Å². The van der Waals surface area contributed by atoms with Gasteiger partial charge in [0.15, 0.2) is 11.5 Å². The first kappa shape index (κ1) is 16.6. The molecular weight excluding hydrogens is 340 g/mol. The maximum absolute atomic E-state index is 12.7. The molecule has 0 unspecified atom stereocenters. The van der Waals surface area contributed by atoms with E-state index < -0.39 is 0 Å². The van der Waals surface area contributed by atoms with E-state index in [2.05, 4.69) is 0 Å². The second-order valence-electron chi connectivity index (χ2n) is 6.54. The number of likely N-dealkylation sites (tertiary alicyclic amines) is 1. The fraction of sp³-hybridized carbons (Fsp3) is 0.556. The highest BCUT2D eigenvalue weighted by molar-refractivity contribution is 8.13. The van der Waals surface area contributed by atoms with Gasteiger partial charge in [-0.25, -0.2) is 0 Å². The van der Waals surface area contributed by atoms with E-state index in [0.717, 1.165) is 48.6 Å². The Morgan fingerprint density at radius 3 is 2.80 bits per heavy atom. The van der Waals surface area contributed by atoms with Crippen molar-refractivity contribution in [2.45, 2.75) is 25.3 Å². The number of fused-ring (bicyclic) bond motifs is 1. The molecule has 1 aromatic rings. The molecule has 0 aliphatic carbocycles. The second-order valence-corrected chi connectivity index (χ2v) is 7.58. The van der Waals surface area contributed by atoms with Crippen LogP contribution in [0.5, 0.6) is 11.5 Å². The molecule has 0 bridgehead atoms. The third kappa shape index (κ3) is 3.42. The lowest BCUT2D eigenvalue weighted by Gasteiger charge is -2.27. The fourth-order valence-electron chi connectivity index (χ4n) is 3.62. The number of nitrogens with zero attached hydrogens (tertiary/aromatic N) is 2. The molecule has 2 fully saturated rings. The molecular formula is C18H22N2O4S. The summed E-state index contributed by atoms with van der Waals surface area (Å²) in [5.41, 5.74) is 1.08. The summed E-state index contributed by atoms with van der Waals surface area (Å²) in [4.78, 5) is 28.1. The monoisotopic (exact) mass is 362 g/mol. The van der Waals surface area contributed by atoms with Crippen LogP contribution >= 0.6 is 11.8 Å². The molecule has 0 saturated carbocycles. The van der Waals surface area contributed by atoms with Gasteiger partial charge in [0, 0.05) is 25.3 Å². The third-order valence-corrected chi connectivity index (χ3v) is 5.79. The van der Waals surface area contributed by atoms with Crippen LogP contribution in [-0.4, -0.2) is 59.5 Å². The van der Waals surface area contributed by atoms with E-state index >= 15 is 0 Å². The van der Waals surface area contributed by atoms with Gasteiger partial charge in [-0.15, -0.1) is 0 Å². The van der Waals surface area contributed by atoms with Gasteiger partial charge in [-0.05, 0) is 30.5 Å². The van der Waals surface area contributed by atoms with E-state index in [1.54, 1.807) is 4.90 Å². The molecule has 0 aromatic heterocycles. The van der Waals surface area contributed by atoms with E-state index in [0.29, 0.717) is 19.8 Å². The zero-order chi connectivity index (χ0) is 17.2. The van der Waals surface area contributed by atoms with Crippen molar-refractivity contribution in [1.29, 1.82) is 0 Å². The topological polar surface area (TPSA) is 59.1 Å². The fourth-order valence-corrected chi connectivity index (χ4v) is 4.45. The highest BCUT2D eigenvalue weighted by atomic mass is 32.2. The summed E-state index contributed by atoms with van der Waals surface area (Å²) in [5.74, 6) is 2.35. The van der Waals surface area contributed by atoms with Crippen molar-refractivity contribution in [2.75, 3.05) is 38.6 Å². The first-order chi connectivity index (χ1) is 12.2. The molecule has 3 heterocycles. The van der Waals surface area contributed by atoms with Gasteiger partial charge in [0.05, 0.1) is 19.3 Å². The zero-order valence-corrected chi connectivity index (χ0v) is 14.9. The van der Waals surface area contributed by atoms with Crippen molar-refractivity contribution in [3.05, 3.63) is 23.8 Å². The van der Waals surface area contributed by atoms with Crippen molar-refractivity contribution in [1.82, 2.24) is 9.80 Å². The molecule has 134 valence electrons. The summed E-state index contributed by atoms with van der Waals surface area (Å²) in [5, 5.41) is 0.0136. The molecule has 3 aliphatic rings. The number of carbonyl (C=O) groups is 2. The van der Waals surface area contributed by atoms with Crippen LogP contribution in [-0.2, 0) is 4.79 Å². The van der Waals surface area contributed by atoms with Gasteiger partial charge in [0.2, 0.25) is 5.91 Å². The van der Waals surface area contributed by atoms with Gasteiger partial charge in [0.1, 0.15) is 6.54 Å². The Hall–Kier alpha value is -1.89. The Kier molecular flexibility index (Phi) is 4.74. The second kappa shape index (κ2) is 7.15. The van der Waals surface area contributed by atoms with Crippen molar-refractivity contribution in [3.63, 3.8) is 0 Å². The average molecular weight is 362 g/mol. The lowest BCUT2D eigenvalue weighted by atomic mass is 10.0. The minimum atomic E-state index is 0.0136. The smallest absolute Gasteiger partial charge is 0.282 e. The van der Waals surface area contributed by atoms with E-state index in [-0.39, 0.29) is 23.7 Å². The van der Waals surface area contributed by atoms with E-state index in [4.69, 9.17) is 9.47 Å². The average Bonchev–Trinajstić information content (AvgIpc) is 3.18. The van der Waals surface area contributed by atoms with Crippen LogP contribution in [0, 0.1) is 0 Å². The van der Waals surface area contributed by atoms with Crippen LogP contribution < -0.4 is 9.47 Å². The van der Waals surface area contributed by atoms with Crippen molar-refractivity contribution in [3.8, 4) is 11.5 Å². The number of amides is 2.